The highest BCUT2D eigenvalue weighted by Gasteiger charge is 2.32. The number of fused-ring (bicyclic) bond motifs is 1. The summed E-state index contributed by atoms with van der Waals surface area (Å²) in [5, 5.41) is 5.88. The number of carbonyl (C=O) groups is 2. The highest BCUT2D eigenvalue weighted by atomic mass is 35.5. The van der Waals surface area contributed by atoms with Gasteiger partial charge in [0, 0.05) is 24.1 Å². The van der Waals surface area contributed by atoms with Crippen LogP contribution >= 0.6 is 11.6 Å². The van der Waals surface area contributed by atoms with Crippen LogP contribution in [0.1, 0.15) is 39.2 Å². The van der Waals surface area contributed by atoms with Gasteiger partial charge in [-0.15, -0.1) is 0 Å². The molecule has 0 spiro atoms. The molecule has 154 valence electrons. The zero-order valence-electron chi connectivity index (χ0n) is 16.8. The number of benzene rings is 2. The van der Waals surface area contributed by atoms with Gasteiger partial charge in [0.15, 0.2) is 18.1 Å². The summed E-state index contributed by atoms with van der Waals surface area (Å²) in [5.41, 5.74) is 1.75. The Morgan fingerprint density at radius 2 is 1.97 bits per heavy atom. The molecule has 0 fully saturated rings. The zero-order valence-corrected chi connectivity index (χ0v) is 17.6. The van der Waals surface area contributed by atoms with Crippen LogP contribution < -0.4 is 20.1 Å². The molecule has 29 heavy (non-hydrogen) atoms. The number of amides is 2. The number of hydrogen-bond donors (Lipinski definition) is 2. The van der Waals surface area contributed by atoms with Crippen molar-refractivity contribution in [2.75, 3.05) is 17.2 Å². The van der Waals surface area contributed by atoms with E-state index in [4.69, 9.17) is 21.1 Å². The molecule has 6 nitrogen and oxygen atoms in total. The van der Waals surface area contributed by atoms with Gasteiger partial charge in [-0.1, -0.05) is 30.7 Å². The Labute approximate surface area is 175 Å². The van der Waals surface area contributed by atoms with Crippen molar-refractivity contribution in [2.24, 2.45) is 0 Å². The topological polar surface area (TPSA) is 76.7 Å². The summed E-state index contributed by atoms with van der Waals surface area (Å²) in [6, 6.07) is 10.6. The van der Waals surface area contributed by atoms with Crippen LogP contribution in [0.4, 0.5) is 11.4 Å². The largest absolute Gasteiger partial charge is 0.483 e. The molecule has 2 N–H and O–H groups in total. The van der Waals surface area contributed by atoms with Gasteiger partial charge in [-0.2, -0.15) is 0 Å². The normalized spacial score (nSPS) is 13.9. The van der Waals surface area contributed by atoms with E-state index in [9.17, 15) is 9.59 Å². The first-order valence-electron chi connectivity index (χ1n) is 9.60. The van der Waals surface area contributed by atoms with E-state index in [-0.39, 0.29) is 24.0 Å². The average Bonchev–Trinajstić information content (AvgIpc) is 2.97. The van der Waals surface area contributed by atoms with Crippen molar-refractivity contribution in [1.82, 2.24) is 0 Å². The molecule has 0 radical (unpaired) electrons. The van der Waals surface area contributed by atoms with Crippen molar-refractivity contribution in [1.29, 1.82) is 0 Å². The molecule has 1 heterocycles. The summed E-state index contributed by atoms with van der Waals surface area (Å²) in [6.07, 6.45) is 1.97. The standard InChI is InChI=1S/C22H25ClN2O4/c1-4-6-19(26)24-15-9-10-16(23)17(11-15)25-20(27)13-28-18-8-5-7-14-12-22(2,3)29-21(14)18/h5,7-11H,4,6,12-13H2,1-3H3,(H,24,26)(H,25,27). The Bertz CT molecular complexity index is 927. The van der Waals surface area contributed by atoms with E-state index in [2.05, 4.69) is 10.6 Å². The van der Waals surface area contributed by atoms with Crippen LogP contribution in [0.15, 0.2) is 36.4 Å². The van der Waals surface area contributed by atoms with Crippen molar-refractivity contribution in [3.05, 3.63) is 47.0 Å². The molecule has 0 atom stereocenters. The molecule has 1 aliphatic heterocycles. The van der Waals surface area contributed by atoms with E-state index in [1.165, 1.54) is 0 Å². The van der Waals surface area contributed by atoms with Gasteiger partial charge in [0.05, 0.1) is 10.7 Å². The maximum absolute atomic E-state index is 12.4. The van der Waals surface area contributed by atoms with Crippen LogP contribution in [0.3, 0.4) is 0 Å². The number of rotatable bonds is 7. The number of nitrogens with one attached hydrogen (secondary N) is 2. The second-order valence-electron chi connectivity index (χ2n) is 7.61. The molecule has 0 saturated carbocycles. The summed E-state index contributed by atoms with van der Waals surface area (Å²) < 4.78 is 11.6. The first-order chi connectivity index (χ1) is 13.8. The quantitative estimate of drug-likeness (QED) is 0.679. The number of para-hydroxylation sites is 1. The fourth-order valence-corrected chi connectivity index (χ4v) is 3.34. The average molecular weight is 417 g/mol. The van der Waals surface area contributed by atoms with Gasteiger partial charge in [0.25, 0.3) is 5.91 Å². The Kier molecular flexibility index (Phi) is 6.33. The molecule has 2 aromatic rings. The molecule has 0 bridgehead atoms. The van der Waals surface area contributed by atoms with Crippen LogP contribution in [0, 0.1) is 0 Å². The molecule has 0 aromatic heterocycles. The van der Waals surface area contributed by atoms with Crippen molar-refractivity contribution in [2.45, 2.75) is 45.6 Å². The Morgan fingerprint density at radius 3 is 2.72 bits per heavy atom. The molecule has 0 aliphatic carbocycles. The van der Waals surface area contributed by atoms with Crippen molar-refractivity contribution in [3.8, 4) is 11.5 Å². The van der Waals surface area contributed by atoms with E-state index in [0.717, 1.165) is 18.4 Å². The van der Waals surface area contributed by atoms with Crippen molar-refractivity contribution in [3.63, 3.8) is 0 Å². The molecule has 0 saturated heterocycles. The lowest BCUT2D eigenvalue weighted by molar-refractivity contribution is -0.118. The molecule has 0 unspecified atom stereocenters. The number of anilines is 2. The van der Waals surface area contributed by atoms with E-state index in [1.54, 1.807) is 24.3 Å². The predicted molar refractivity (Wildman–Crippen MR) is 114 cm³/mol. The maximum Gasteiger partial charge on any atom is 0.262 e. The highest BCUT2D eigenvalue weighted by molar-refractivity contribution is 6.33. The third kappa shape index (κ3) is 5.41. The number of hydrogen-bond acceptors (Lipinski definition) is 4. The second-order valence-corrected chi connectivity index (χ2v) is 8.02. The fraction of sp³-hybridized carbons (Fsp3) is 0.364. The van der Waals surface area contributed by atoms with Crippen LogP contribution in [-0.4, -0.2) is 24.0 Å². The zero-order chi connectivity index (χ0) is 21.0. The predicted octanol–water partition coefficient (Wildman–Crippen LogP) is 4.81. The van der Waals surface area contributed by atoms with Gasteiger partial charge in [0.1, 0.15) is 5.60 Å². The molecule has 7 heteroatoms. The fourth-order valence-electron chi connectivity index (χ4n) is 3.18. The molecule has 2 amide bonds. The number of halogens is 1. The van der Waals surface area contributed by atoms with Gasteiger partial charge >= 0.3 is 0 Å². The Hall–Kier alpha value is -2.73. The van der Waals surface area contributed by atoms with E-state index in [1.807, 2.05) is 32.9 Å². The summed E-state index contributed by atoms with van der Waals surface area (Å²) in [4.78, 5) is 24.1. The lowest BCUT2D eigenvalue weighted by atomic mass is 10.0. The first-order valence-corrected chi connectivity index (χ1v) is 9.98. The van der Waals surface area contributed by atoms with E-state index < -0.39 is 0 Å². The van der Waals surface area contributed by atoms with Crippen LogP contribution in [0.2, 0.25) is 5.02 Å². The first kappa shape index (κ1) is 21.0. The lowest BCUT2D eigenvalue weighted by Crippen LogP contribution is -2.25. The summed E-state index contributed by atoms with van der Waals surface area (Å²) in [7, 11) is 0. The van der Waals surface area contributed by atoms with Gasteiger partial charge in [-0.05, 0) is 44.5 Å². The Morgan fingerprint density at radius 1 is 1.17 bits per heavy atom. The minimum absolute atomic E-state index is 0.0868. The van der Waals surface area contributed by atoms with E-state index in [0.29, 0.717) is 34.3 Å². The molecule has 1 aliphatic rings. The SMILES string of the molecule is CCCC(=O)Nc1ccc(Cl)c(NC(=O)COc2cccc3c2OC(C)(C)C3)c1. The van der Waals surface area contributed by atoms with Gasteiger partial charge < -0.3 is 20.1 Å². The maximum atomic E-state index is 12.4. The number of carbonyl (C=O) groups excluding carboxylic acids is 2. The monoisotopic (exact) mass is 416 g/mol. The molecule has 2 aromatic carbocycles. The third-order valence-electron chi connectivity index (χ3n) is 4.42. The number of ether oxygens (including phenoxy) is 2. The Balaban J connectivity index is 1.62. The smallest absolute Gasteiger partial charge is 0.262 e. The van der Waals surface area contributed by atoms with Gasteiger partial charge in [-0.3, -0.25) is 9.59 Å². The minimum Gasteiger partial charge on any atom is -0.483 e. The van der Waals surface area contributed by atoms with Gasteiger partial charge in [-0.25, -0.2) is 0 Å². The van der Waals surface area contributed by atoms with E-state index >= 15 is 0 Å². The lowest BCUT2D eigenvalue weighted by Gasteiger charge is -2.18. The summed E-state index contributed by atoms with van der Waals surface area (Å²) >= 11 is 6.18. The summed E-state index contributed by atoms with van der Waals surface area (Å²) in [5.74, 6) is 0.772. The summed E-state index contributed by atoms with van der Waals surface area (Å²) in [6.45, 7) is 5.76. The second kappa shape index (κ2) is 8.74. The molecule has 3 rings (SSSR count). The van der Waals surface area contributed by atoms with Crippen LogP contribution in [0.5, 0.6) is 11.5 Å². The minimum atomic E-state index is -0.362. The van der Waals surface area contributed by atoms with Crippen LogP contribution in [-0.2, 0) is 16.0 Å². The molecular formula is C22H25ClN2O4. The van der Waals surface area contributed by atoms with Gasteiger partial charge in [0.2, 0.25) is 5.91 Å². The van der Waals surface area contributed by atoms with Crippen molar-refractivity contribution >= 4 is 34.8 Å². The highest BCUT2D eigenvalue weighted by Crippen LogP contribution is 2.41. The van der Waals surface area contributed by atoms with Crippen molar-refractivity contribution < 1.29 is 19.1 Å². The molecular weight excluding hydrogens is 392 g/mol. The third-order valence-corrected chi connectivity index (χ3v) is 4.74. The van der Waals surface area contributed by atoms with Crippen LogP contribution in [0.25, 0.3) is 0 Å².